The predicted octanol–water partition coefficient (Wildman–Crippen LogP) is 27.0. The summed E-state index contributed by atoms with van der Waals surface area (Å²) in [5, 5.41) is 8.57. The van der Waals surface area contributed by atoms with E-state index >= 15 is 0 Å². The van der Waals surface area contributed by atoms with E-state index in [2.05, 4.69) is 266 Å². The highest BCUT2D eigenvalue weighted by Crippen LogP contribution is 2.38. The fourth-order valence-corrected chi connectivity index (χ4v) is 16.1. The maximum Gasteiger partial charge on any atom is 0.160 e. The molecule has 23 rings (SSSR count). The lowest BCUT2D eigenvalue weighted by Gasteiger charge is -2.10. The molecule has 0 atom stereocenters. The van der Waals surface area contributed by atoms with Gasteiger partial charge in [-0.1, -0.05) is 309 Å². The monoisotopic (exact) mass is 1560 g/mol. The molecule has 0 fully saturated rings. The molecule has 0 aliphatic rings. The van der Waals surface area contributed by atoms with Crippen LogP contribution in [0.2, 0.25) is 0 Å². The molecule has 0 radical (unpaired) electrons. The maximum absolute atomic E-state index is 5.16. The smallest absolute Gasteiger partial charge is 0.160 e. The molecular weight excluding hydrogens is 1490 g/mol. The van der Waals surface area contributed by atoms with Crippen LogP contribution < -0.4 is 0 Å². The van der Waals surface area contributed by atoms with Gasteiger partial charge in [0.25, 0.3) is 0 Å². The summed E-state index contributed by atoms with van der Waals surface area (Å²) in [5.74, 6) is 1.34. The lowest BCUT2D eigenvalue weighted by atomic mass is 10.0. The number of fused-ring (bicyclic) bond motifs is 10. The number of pyridine rings is 8. The quantitative estimate of drug-likeness (QED) is 0.101. The molecule has 0 unspecified atom stereocenters. The van der Waals surface area contributed by atoms with E-state index in [0.717, 1.165) is 222 Å². The lowest BCUT2D eigenvalue weighted by molar-refractivity contribution is 1.17. The summed E-state index contributed by atoms with van der Waals surface area (Å²) in [6.07, 6.45) is 1.82. The maximum atomic E-state index is 5.16. The van der Waals surface area contributed by atoms with Gasteiger partial charge >= 0.3 is 0 Å². The first-order valence-electron chi connectivity index (χ1n) is 40.6. The summed E-state index contributed by atoms with van der Waals surface area (Å²) in [6.45, 7) is 0. The fourth-order valence-electron chi connectivity index (χ4n) is 16.1. The van der Waals surface area contributed by atoms with Crippen molar-refractivity contribution >= 4 is 87.2 Å². The van der Waals surface area contributed by atoms with Crippen LogP contribution in [0.15, 0.2) is 413 Å². The molecule has 0 saturated heterocycles. The Kier molecular flexibility index (Phi) is 18.3. The largest absolute Gasteiger partial charge is 0.254 e. The minimum absolute atomic E-state index is 0.667. The van der Waals surface area contributed by atoms with Gasteiger partial charge in [0.15, 0.2) is 11.6 Å². The van der Waals surface area contributed by atoms with Crippen LogP contribution in [0.5, 0.6) is 0 Å². The molecule has 13 aromatic carbocycles. The van der Waals surface area contributed by atoms with Crippen LogP contribution in [0.1, 0.15) is 0 Å². The molecule has 12 nitrogen and oxygen atoms in total. The number of nitrogens with zero attached hydrogens (tertiary/aromatic N) is 12. The Morgan fingerprint density at radius 2 is 0.385 bits per heavy atom. The van der Waals surface area contributed by atoms with E-state index in [0.29, 0.717) is 11.6 Å². The van der Waals surface area contributed by atoms with Crippen molar-refractivity contribution in [2.24, 2.45) is 0 Å². The highest BCUT2D eigenvalue weighted by molar-refractivity contribution is 6.05. The van der Waals surface area contributed by atoms with E-state index in [-0.39, 0.29) is 0 Å². The van der Waals surface area contributed by atoms with Crippen molar-refractivity contribution in [1.82, 2.24) is 59.8 Å². The van der Waals surface area contributed by atoms with E-state index in [1.807, 2.05) is 152 Å². The molecule has 0 aliphatic heterocycles. The summed E-state index contributed by atoms with van der Waals surface area (Å²) in [5.41, 5.74) is 30.4. The molecule has 10 heterocycles. The van der Waals surface area contributed by atoms with Crippen molar-refractivity contribution in [2.75, 3.05) is 0 Å². The van der Waals surface area contributed by atoms with Crippen LogP contribution in [0.25, 0.3) is 234 Å². The Balaban J connectivity index is 0.000000146. The normalized spacial score (nSPS) is 11.4. The Morgan fingerprint density at radius 1 is 0.123 bits per heavy atom. The topological polar surface area (TPSA) is 155 Å². The average molecular weight is 1560 g/mol. The second-order valence-corrected chi connectivity index (χ2v) is 30.3. The Bertz CT molecular complexity index is 7860. The molecule has 0 saturated carbocycles. The first-order valence-corrected chi connectivity index (χ1v) is 40.6. The fraction of sp³-hybridized carbons (Fsp3) is 0. The van der Waals surface area contributed by atoms with Crippen LogP contribution in [0.4, 0.5) is 0 Å². The van der Waals surface area contributed by atoms with Crippen LogP contribution in [-0.2, 0) is 0 Å². The van der Waals surface area contributed by atoms with Crippen molar-refractivity contribution in [3.8, 4) is 147 Å². The molecular formula is C110H68N12. The van der Waals surface area contributed by atoms with Gasteiger partial charge in [0.05, 0.1) is 107 Å². The number of benzene rings is 13. The van der Waals surface area contributed by atoms with Gasteiger partial charge in [0.2, 0.25) is 0 Å². The molecule has 0 spiro atoms. The number of aromatic nitrogens is 12. The van der Waals surface area contributed by atoms with Gasteiger partial charge in [-0.2, -0.15) is 0 Å². The highest BCUT2D eigenvalue weighted by Gasteiger charge is 2.19. The van der Waals surface area contributed by atoms with Crippen molar-refractivity contribution in [1.29, 1.82) is 0 Å². The first-order chi connectivity index (χ1) is 60.3. The third kappa shape index (κ3) is 14.3. The number of hydrogen-bond donors (Lipinski definition) is 0. The molecule has 0 aliphatic carbocycles. The van der Waals surface area contributed by atoms with Crippen molar-refractivity contribution in [2.45, 2.75) is 0 Å². The Hall–Kier alpha value is -16.7. The third-order valence-corrected chi connectivity index (χ3v) is 22.6. The molecule has 0 amide bonds. The summed E-state index contributed by atoms with van der Waals surface area (Å²) in [4.78, 5) is 60.3. The van der Waals surface area contributed by atoms with Crippen molar-refractivity contribution < 1.29 is 0 Å². The summed E-state index contributed by atoms with van der Waals surface area (Å²) in [6, 6.07) is 140. The van der Waals surface area contributed by atoms with E-state index < -0.39 is 0 Å². The molecule has 10 aromatic heterocycles. The minimum atomic E-state index is 0.667. The van der Waals surface area contributed by atoms with Gasteiger partial charge < -0.3 is 0 Å². The van der Waals surface area contributed by atoms with Gasteiger partial charge in [-0.05, 0) is 119 Å². The Labute approximate surface area is 701 Å². The van der Waals surface area contributed by atoms with Crippen LogP contribution in [0.3, 0.4) is 0 Å². The SMILES string of the molecule is c1ccc(-c2cc(-c3ccc4ccc(-c5ccc6nc(-c7ccc(-c8ccc9ccc%10ccc(-c%11ccccc%11)nc%10c9n8)cc7)ccc6c5)cc4n3)nc(-c3ccccc3)n2)cc1.c1ccc(-c2cc(-c3ccc4ccc(-c5ccc6nc(-c7ccc(-c8ccc9ccc%10cccnc%10c9n8)cc7)ccc6c5)cc4n3)nc(-c3ccccc3)n2)cc1. The predicted molar refractivity (Wildman–Crippen MR) is 497 cm³/mol. The van der Waals surface area contributed by atoms with Gasteiger partial charge in [-0.15, -0.1) is 0 Å². The summed E-state index contributed by atoms with van der Waals surface area (Å²) < 4.78 is 0. The van der Waals surface area contributed by atoms with Crippen LogP contribution in [0, 0.1) is 0 Å². The highest BCUT2D eigenvalue weighted by atomic mass is 14.9. The van der Waals surface area contributed by atoms with E-state index in [1.54, 1.807) is 0 Å². The Morgan fingerprint density at radius 3 is 0.779 bits per heavy atom. The van der Waals surface area contributed by atoms with E-state index in [9.17, 15) is 0 Å². The lowest BCUT2D eigenvalue weighted by Crippen LogP contribution is -1.97. The van der Waals surface area contributed by atoms with E-state index in [1.165, 1.54) is 0 Å². The van der Waals surface area contributed by atoms with Gasteiger partial charge in [-0.25, -0.2) is 54.8 Å². The zero-order valence-corrected chi connectivity index (χ0v) is 65.6. The van der Waals surface area contributed by atoms with Gasteiger partial charge in [-0.3, -0.25) is 4.98 Å². The minimum Gasteiger partial charge on any atom is -0.254 e. The molecule has 122 heavy (non-hydrogen) atoms. The standard InChI is InChI=1S/C58H36N6.C52H32N6/c1-4-10-37(11-5-1)49-29-25-42-21-22-43-26-30-50(62-57(43)56(42)61-49)40-18-16-39(17-19-40)48-32-28-47-34-45(27-31-51(47)59-48)46-23-20-41-24-33-52(60-53(41)35-46)55-36-54(38-12-6-2-7-13-38)63-58(64-55)44-14-8-3-9-15-44;1-3-8-33(9-4-1)48-32-49(58-52(57-48)39-10-5-2-6-11-39)46-28-21-36-17-20-41(31-47(36)55-46)40-23-26-45-42(30-40)24-27-43(54-45)34-13-15-35(16-14-34)44-25-22-38-19-18-37-12-7-29-53-50(37)51(38)56-44/h1-36H;1-32H. The summed E-state index contributed by atoms with van der Waals surface area (Å²) >= 11 is 0. The zero-order valence-electron chi connectivity index (χ0n) is 65.6. The molecule has 0 bridgehead atoms. The average Bonchev–Trinajstić information content (AvgIpc) is 0.997. The van der Waals surface area contributed by atoms with Crippen LogP contribution in [-0.4, -0.2) is 59.8 Å². The van der Waals surface area contributed by atoms with E-state index in [4.69, 9.17) is 54.8 Å². The van der Waals surface area contributed by atoms with Gasteiger partial charge in [0, 0.05) is 99.4 Å². The number of hydrogen-bond acceptors (Lipinski definition) is 12. The van der Waals surface area contributed by atoms with Crippen molar-refractivity contribution in [3.05, 3.63) is 413 Å². The first kappa shape index (κ1) is 71.8. The second-order valence-electron chi connectivity index (χ2n) is 30.3. The molecule has 23 aromatic rings. The van der Waals surface area contributed by atoms with Crippen LogP contribution >= 0.6 is 0 Å². The molecule has 0 N–H and O–H groups in total. The summed E-state index contributed by atoms with van der Waals surface area (Å²) in [7, 11) is 0. The number of rotatable bonds is 13. The third-order valence-electron chi connectivity index (χ3n) is 22.6. The molecule has 12 heteroatoms. The van der Waals surface area contributed by atoms with Gasteiger partial charge in [0.1, 0.15) is 0 Å². The zero-order chi connectivity index (χ0) is 80.8. The van der Waals surface area contributed by atoms with Crippen molar-refractivity contribution in [3.63, 3.8) is 0 Å². The molecule has 568 valence electrons. The second kappa shape index (κ2) is 31.1.